The van der Waals surface area contributed by atoms with Crippen LogP contribution in [-0.4, -0.2) is 4.98 Å². The first-order chi connectivity index (χ1) is 6.07. The summed E-state index contributed by atoms with van der Waals surface area (Å²) >= 11 is 8.93. The average Bonchev–Trinajstić information content (AvgIpc) is 2.09. The van der Waals surface area contributed by atoms with E-state index in [0.29, 0.717) is 21.6 Å². The highest BCUT2D eigenvalue weighted by Gasteiger charge is 2.16. The first-order valence-corrected chi connectivity index (χ1v) is 5.05. The zero-order valence-corrected chi connectivity index (χ0v) is 9.16. The van der Waals surface area contributed by atoms with Crippen LogP contribution in [-0.2, 0) is 5.33 Å². The van der Waals surface area contributed by atoms with Gasteiger partial charge < -0.3 is 0 Å². The van der Waals surface area contributed by atoms with Crippen molar-refractivity contribution >= 4 is 27.5 Å². The zero-order chi connectivity index (χ0) is 10.0. The van der Waals surface area contributed by atoms with Gasteiger partial charge in [-0.05, 0) is 12.5 Å². The molecule has 0 radical (unpaired) electrons. The van der Waals surface area contributed by atoms with Crippen molar-refractivity contribution in [2.45, 2.75) is 18.7 Å². The van der Waals surface area contributed by atoms with Gasteiger partial charge in [0.05, 0.1) is 10.7 Å². The Morgan fingerprint density at radius 1 is 1.62 bits per heavy atom. The third-order valence-corrected chi connectivity index (χ3v) is 2.76. The number of aryl methyl sites for hydroxylation is 1. The maximum absolute atomic E-state index is 12.4. The third-order valence-electron chi connectivity index (χ3n) is 1.70. The summed E-state index contributed by atoms with van der Waals surface area (Å²) in [6, 6.07) is 0. The summed E-state index contributed by atoms with van der Waals surface area (Å²) in [7, 11) is 0. The lowest BCUT2D eigenvalue weighted by molar-refractivity contribution is 0.150. The number of pyridine rings is 1. The van der Waals surface area contributed by atoms with Crippen LogP contribution in [0.5, 0.6) is 0 Å². The van der Waals surface area contributed by atoms with Crippen LogP contribution in [0, 0.1) is 6.92 Å². The van der Waals surface area contributed by atoms with Crippen LogP contribution >= 0.6 is 27.5 Å². The largest absolute Gasteiger partial charge is 0.265 e. The molecule has 1 aromatic heterocycles. The summed E-state index contributed by atoms with van der Waals surface area (Å²) < 4.78 is 24.8. The average molecular weight is 271 g/mol. The van der Waals surface area contributed by atoms with Crippen molar-refractivity contribution in [1.29, 1.82) is 0 Å². The summed E-state index contributed by atoms with van der Waals surface area (Å²) in [5.41, 5.74) is 0.886. The number of rotatable bonds is 2. The van der Waals surface area contributed by atoms with Gasteiger partial charge in [-0.1, -0.05) is 27.5 Å². The van der Waals surface area contributed by atoms with E-state index < -0.39 is 6.43 Å². The monoisotopic (exact) mass is 269 g/mol. The first-order valence-electron chi connectivity index (χ1n) is 3.56. The van der Waals surface area contributed by atoms with Gasteiger partial charge in [-0.15, -0.1) is 0 Å². The Labute approximate surface area is 88.2 Å². The molecule has 0 saturated heterocycles. The highest BCUT2D eigenvalue weighted by molar-refractivity contribution is 9.08. The van der Waals surface area contributed by atoms with E-state index >= 15 is 0 Å². The summed E-state index contributed by atoms with van der Waals surface area (Å²) in [5.74, 6) is 0. The van der Waals surface area contributed by atoms with Crippen molar-refractivity contribution < 1.29 is 8.78 Å². The minimum Gasteiger partial charge on any atom is -0.260 e. The summed E-state index contributed by atoms with van der Waals surface area (Å²) in [4.78, 5) is 3.78. The fourth-order valence-electron chi connectivity index (χ4n) is 0.970. The van der Waals surface area contributed by atoms with Crippen LogP contribution in [0.4, 0.5) is 8.78 Å². The van der Waals surface area contributed by atoms with Crippen LogP contribution < -0.4 is 0 Å². The fourth-order valence-corrected chi connectivity index (χ4v) is 1.96. The van der Waals surface area contributed by atoms with Crippen molar-refractivity contribution in [1.82, 2.24) is 4.98 Å². The number of aromatic nitrogens is 1. The lowest BCUT2D eigenvalue weighted by Crippen LogP contribution is -1.97. The third kappa shape index (κ3) is 2.17. The van der Waals surface area contributed by atoms with Crippen LogP contribution in [0.3, 0.4) is 0 Å². The second-order valence-electron chi connectivity index (χ2n) is 2.53. The van der Waals surface area contributed by atoms with E-state index in [9.17, 15) is 8.78 Å². The molecule has 0 saturated carbocycles. The Kier molecular flexibility index (Phi) is 3.62. The predicted molar refractivity (Wildman–Crippen MR) is 51.6 cm³/mol. The van der Waals surface area contributed by atoms with Gasteiger partial charge in [0.25, 0.3) is 6.43 Å². The van der Waals surface area contributed by atoms with Gasteiger partial charge in [0.1, 0.15) is 0 Å². The Morgan fingerprint density at radius 3 is 2.69 bits per heavy atom. The lowest BCUT2D eigenvalue weighted by Gasteiger charge is -2.09. The number of halogens is 4. The van der Waals surface area contributed by atoms with E-state index in [-0.39, 0.29) is 5.56 Å². The molecule has 1 aromatic rings. The van der Waals surface area contributed by atoms with Crippen LogP contribution in [0.15, 0.2) is 6.20 Å². The Morgan fingerprint density at radius 2 is 2.23 bits per heavy atom. The topological polar surface area (TPSA) is 12.9 Å². The van der Waals surface area contributed by atoms with Gasteiger partial charge in [-0.25, -0.2) is 8.78 Å². The highest BCUT2D eigenvalue weighted by atomic mass is 79.9. The van der Waals surface area contributed by atoms with Gasteiger partial charge in [0.15, 0.2) is 0 Å². The van der Waals surface area contributed by atoms with Gasteiger partial charge in [0, 0.05) is 17.1 Å². The van der Waals surface area contributed by atoms with E-state index in [1.165, 1.54) is 6.20 Å². The van der Waals surface area contributed by atoms with Crippen LogP contribution in [0.1, 0.15) is 23.2 Å². The van der Waals surface area contributed by atoms with Crippen molar-refractivity contribution in [2.24, 2.45) is 0 Å². The quantitative estimate of drug-likeness (QED) is 0.743. The SMILES string of the molecule is Cc1ncc(C(F)F)c(CBr)c1Cl. The van der Waals surface area contributed by atoms with E-state index in [0.717, 1.165) is 0 Å². The Balaban J connectivity index is 3.30. The lowest BCUT2D eigenvalue weighted by atomic mass is 10.1. The molecule has 0 aliphatic carbocycles. The smallest absolute Gasteiger partial charge is 0.260 e. The maximum atomic E-state index is 12.4. The molecule has 13 heavy (non-hydrogen) atoms. The molecule has 0 aliphatic heterocycles. The second kappa shape index (κ2) is 4.33. The van der Waals surface area contributed by atoms with Crippen LogP contribution in [0.2, 0.25) is 5.02 Å². The minimum absolute atomic E-state index is 0.104. The standard InChI is InChI=1S/C8H7BrClF2N/c1-4-7(10)5(2-9)6(3-13-4)8(11)12/h3,8H,2H2,1H3. The molecule has 0 aromatic carbocycles. The molecule has 5 heteroatoms. The van der Waals surface area contributed by atoms with E-state index in [1.54, 1.807) is 6.92 Å². The number of alkyl halides is 3. The Bertz CT molecular complexity index is 317. The molecule has 0 atom stereocenters. The van der Waals surface area contributed by atoms with Gasteiger partial charge in [-0.2, -0.15) is 0 Å². The predicted octanol–water partition coefficient (Wildman–Crippen LogP) is 3.88. The minimum atomic E-state index is -2.53. The Hall–Kier alpha value is -0.220. The van der Waals surface area contributed by atoms with Crippen molar-refractivity contribution in [2.75, 3.05) is 0 Å². The molecule has 0 unspecified atom stereocenters. The molecule has 0 spiro atoms. The molecule has 0 aliphatic rings. The van der Waals surface area contributed by atoms with Crippen molar-refractivity contribution in [3.8, 4) is 0 Å². The second-order valence-corrected chi connectivity index (χ2v) is 3.46. The number of hydrogen-bond acceptors (Lipinski definition) is 1. The van der Waals surface area contributed by atoms with Gasteiger partial charge in [0.2, 0.25) is 0 Å². The molecule has 72 valence electrons. The molecular formula is C8H7BrClF2N. The van der Waals surface area contributed by atoms with E-state index in [1.807, 2.05) is 0 Å². The van der Waals surface area contributed by atoms with Crippen molar-refractivity contribution in [3.63, 3.8) is 0 Å². The summed E-state index contributed by atoms with van der Waals surface area (Å²) in [6.45, 7) is 1.68. The zero-order valence-electron chi connectivity index (χ0n) is 6.82. The van der Waals surface area contributed by atoms with Gasteiger partial charge in [-0.3, -0.25) is 4.98 Å². The molecular weight excluding hydrogens is 263 g/mol. The van der Waals surface area contributed by atoms with Gasteiger partial charge >= 0.3 is 0 Å². The molecule has 1 rings (SSSR count). The molecule has 1 nitrogen and oxygen atoms in total. The number of hydrogen-bond donors (Lipinski definition) is 0. The molecule has 0 amide bonds. The van der Waals surface area contributed by atoms with E-state index in [4.69, 9.17) is 11.6 Å². The molecule has 0 fully saturated rings. The van der Waals surface area contributed by atoms with Crippen molar-refractivity contribution in [3.05, 3.63) is 28.0 Å². The molecule has 0 N–H and O–H groups in total. The molecule has 1 heterocycles. The normalized spacial score (nSPS) is 10.9. The fraction of sp³-hybridized carbons (Fsp3) is 0.375. The highest BCUT2D eigenvalue weighted by Crippen LogP contribution is 2.30. The number of nitrogens with zero attached hydrogens (tertiary/aromatic N) is 1. The molecule has 0 bridgehead atoms. The van der Waals surface area contributed by atoms with E-state index in [2.05, 4.69) is 20.9 Å². The van der Waals surface area contributed by atoms with Crippen LogP contribution in [0.25, 0.3) is 0 Å². The summed E-state index contributed by atoms with van der Waals surface area (Å²) in [5, 5.41) is 0.629. The maximum Gasteiger partial charge on any atom is 0.265 e. The summed E-state index contributed by atoms with van der Waals surface area (Å²) in [6.07, 6.45) is -1.36. The first kappa shape index (κ1) is 10.9.